The third kappa shape index (κ3) is 2.19. The molecule has 0 bridgehead atoms. The quantitative estimate of drug-likeness (QED) is 0.870. The van der Waals surface area contributed by atoms with Crippen molar-refractivity contribution in [2.45, 2.75) is 19.4 Å². The molecule has 3 heteroatoms. The predicted octanol–water partition coefficient (Wildman–Crippen LogP) is 2.85. The number of nitrogens with one attached hydrogen (secondary N) is 1. The first kappa shape index (κ1) is 12.5. The molecular weight excluding hydrogens is 260 g/mol. The van der Waals surface area contributed by atoms with Crippen molar-refractivity contribution in [2.24, 2.45) is 0 Å². The number of benzene rings is 2. The Balaban J connectivity index is 1.59. The Bertz CT molecular complexity index is 708. The third-order valence-corrected chi connectivity index (χ3v) is 4.48. The minimum absolute atomic E-state index is 0.140. The fraction of sp³-hybridized carbons (Fsp3) is 0.278. The summed E-state index contributed by atoms with van der Waals surface area (Å²) in [6.07, 6.45) is 2.01. The number of fused-ring (bicyclic) bond motifs is 2. The van der Waals surface area contributed by atoms with Crippen LogP contribution in [0.5, 0.6) is 0 Å². The Hall–Kier alpha value is -2.29. The van der Waals surface area contributed by atoms with E-state index in [1.165, 1.54) is 16.7 Å². The predicted molar refractivity (Wildman–Crippen MR) is 83.5 cm³/mol. The van der Waals surface area contributed by atoms with Crippen LogP contribution in [-0.2, 0) is 19.4 Å². The molecule has 0 fully saturated rings. The second-order valence-electron chi connectivity index (χ2n) is 5.79. The Morgan fingerprint density at radius 2 is 1.86 bits per heavy atom. The maximum absolute atomic E-state index is 12.7. The van der Waals surface area contributed by atoms with Gasteiger partial charge in [-0.15, -0.1) is 0 Å². The van der Waals surface area contributed by atoms with Crippen molar-refractivity contribution in [3.8, 4) is 0 Å². The van der Waals surface area contributed by atoms with Gasteiger partial charge in [-0.1, -0.05) is 30.3 Å². The van der Waals surface area contributed by atoms with Gasteiger partial charge in [-0.05, 0) is 41.7 Å². The lowest BCUT2D eigenvalue weighted by molar-refractivity contribution is 0.0735. The van der Waals surface area contributed by atoms with Crippen LogP contribution in [0.3, 0.4) is 0 Å². The molecule has 4 rings (SSSR count). The number of carbonyl (C=O) groups excluding carboxylic acids is 1. The van der Waals surface area contributed by atoms with Gasteiger partial charge in [0.2, 0.25) is 0 Å². The first-order valence-corrected chi connectivity index (χ1v) is 7.54. The lowest BCUT2D eigenvalue weighted by Crippen LogP contribution is -2.35. The number of nitrogens with zero attached hydrogens (tertiary/aromatic N) is 1. The highest BCUT2D eigenvalue weighted by atomic mass is 16.2. The van der Waals surface area contributed by atoms with E-state index in [0.29, 0.717) is 0 Å². The van der Waals surface area contributed by atoms with E-state index in [2.05, 4.69) is 29.6 Å². The molecule has 3 nitrogen and oxygen atoms in total. The number of anilines is 1. The Labute approximate surface area is 124 Å². The van der Waals surface area contributed by atoms with Crippen LogP contribution in [0.4, 0.5) is 5.69 Å². The molecule has 2 heterocycles. The summed E-state index contributed by atoms with van der Waals surface area (Å²) in [5.41, 5.74) is 5.88. The summed E-state index contributed by atoms with van der Waals surface area (Å²) in [5.74, 6) is 0.140. The van der Waals surface area contributed by atoms with Gasteiger partial charge < -0.3 is 10.2 Å². The van der Waals surface area contributed by atoms with Gasteiger partial charge in [0.15, 0.2) is 0 Å². The normalized spacial score (nSPS) is 16.1. The van der Waals surface area contributed by atoms with Gasteiger partial charge in [0.1, 0.15) is 0 Å². The molecule has 0 radical (unpaired) electrons. The molecule has 2 aliphatic heterocycles. The highest BCUT2D eigenvalue weighted by Crippen LogP contribution is 2.25. The molecule has 0 unspecified atom stereocenters. The van der Waals surface area contributed by atoms with Crippen molar-refractivity contribution in [2.75, 3.05) is 18.4 Å². The smallest absolute Gasteiger partial charge is 0.254 e. The number of rotatable bonds is 1. The molecule has 2 aromatic carbocycles. The van der Waals surface area contributed by atoms with Crippen LogP contribution in [0.25, 0.3) is 0 Å². The van der Waals surface area contributed by atoms with Gasteiger partial charge in [-0.2, -0.15) is 0 Å². The molecule has 0 saturated carbocycles. The second kappa shape index (κ2) is 4.92. The Morgan fingerprint density at radius 1 is 1.00 bits per heavy atom. The second-order valence-corrected chi connectivity index (χ2v) is 5.79. The average Bonchev–Trinajstić information content (AvgIpc) is 3.01. The minimum Gasteiger partial charge on any atom is -0.384 e. The zero-order valence-electron chi connectivity index (χ0n) is 11.9. The van der Waals surface area contributed by atoms with Gasteiger partial charge >= 0.3 is 0 Å². The molecule has 1 N–H and O–H groups in total. The third-order valence-electron chi connectivity index (χ3n) is 4.48. The van der Waals surface area contributed by atoms with Crippen LogP contribution >= 0.6 is 0 Å². The lowest BCUT2D eigenvalue weighted by atomic mass is 9.99. The molecule has 0 atom stereocenters. The van der Waals surface area contributed by atoms with E-state index >= 15 is 0 Å². The standard InChI is InChI=1S/C18H18N2O/c21-18(15-6-5-14-7-9-19-17(14)11-15)20-10-8-13-3-1-2-4-16(13)12-20/h1-6,11,19H,7-10,12H2. The van der Waals surface area contributed by atoms with Crippen molar-refractivity contribution in [1.82, 2.24) is 4.90 Å². The van der Waals surface area contributed by atoms with Gasteiger partial charge in [0.05, 0.1) is 0 Å². The van der Waals surface area contributed by atoms with Crippen LogP contribution in [0.1, 0.15) is 27.0 Å². The summed E-state index contributed by atoms with van der Waals surface area (Å²) >= 11 is 0. The van der Waals surface area contributed by atoms with Crippen LogP contribution in [0, 0.1) is 0 Å². The molecule has 2 aliphatic rings. The van der Waals surface area contributed by atoms with E-state index in [-0.39, 0.29) is 5.91 Å². The van der Waals surface area contributed by atoms with E-state index in [4.69, 9.17) is 0 Å². The summed E-state index contributed by atoms with van der Waals surface area (Å²) in [6.45, 7) is 2.50. The fourth-order valence-electron chi connectivity index (χ4n) is 3.28. The van der Waals surface area contributed by atoms with E-state index in [1.807, 2.05) is 23.1 Å². The minimum atomic E-state index is 0.140. The maximum atomic E-state index is 12.7. The van der Waals surface area contributed by atoms with Crippen LogP contribution < -0.4 is 5.32 Å². The lowest BCUT2D eigenvalue weighted by Gasteiger charge is -2.29. The van der Waals surface area contributed by atoms with Gasteiger partial charge in [0.25, 0.3) is 5.91 Å². The molecule has 0 saturated heterocycles. The molecule has 2 aromatic rings. The molecule has 1 amide bonds. The van der Waals surface area contributed by atoms with Crippen LogP contribution in [-0.4, -0.2) is 23.9 Å². The van der Waals surface area contributed by atoms with Crippen molar-refractivity contribution in [3.05, 3.63) is 64.7 Å². The molecule has 0 aromatic heterocycles. The summed E-state index contributed by atoms with van der Waals surface area (Å²) < 4.78 is 0. The maximum Gasteiger partial charge on any atom is 0.254 e. The van der Waals surface area contributed by atoms with Crippen LogP contribution in [0.15, 0.2) is 42.5 Å². The van der Waals surface area contributed by atoms with Crippen molar-refractivity contribution in [1.29, 1.82) is 0 Å². The van der Waals surface area contributed by atoms with Gasteiger partial charge in [0, 0.05) is 30.9 Å². The zero-order valence-corrected chi connectivity index (χ0v) is 11.9. The molecule has 0 spiro atoms. The van der Waals surface area contributed by atoms with E-state index < -0.39 is 0 Å². The van der Waals surface area contributed by atoms with E-state index in [0.717, 1.165) is 43.7 Å². The molecular formula is C18H18N2O. The van der Waals surface area contributed by atoms with Crippen molar-refractivity contribution in [3.63, 3.8) is 0 Å². The Kier molecular flexibility index (Phi) is 2.92. The summed E-state index contributed by atoms with van der Waals surface area (Å²) in [6, 6.07) is 14.5. The summed E-state index contributed by atoms with van der Waals surface area (Å²) in [4.78, 5) is 14.7. The highest BCUT2D eigenvalue weighted by molar-refractivity contribution is 5.95. The largest absolute Gasteiger partial charge is 0.384 e. The number of amides is 1. The first-order chi connectivity index (χ1) is 10.3. The number of carbonyl (C=O) groups is 1. The first-order valence-electron chi connectivity index (χ1n) is 7.54. The molecule has 21 heavy (non-hydrogen) atoms. The monoisotopic (exact) mass is 278 g/mol. The van der Waals surface area contributed by atoms with E-state index in [1.54, 1.807) is 0 Å². The highest BCUT2D eigenvalue weighted by Gasteiger charge is 2.22. The molecule has 106 valence electrons. The van der Waals surface area contributed by atoms with Crippen molar-refractivity contribution < 1.29 is 4.79 Å². The molecule has 0 aliphatic carbocycles. The SMILES string of the molecule is O=C(c1ccc2c(c1)NCC2)N1CCc2ccccc2C1. The van der Waals surface area contributed by atoms with E-state index in [9.17, 15) is 4.79 Å². The Morgan fingerprint density at radius 3 is 2.76 bits per heavy atom. The fourth-order valence-corrected chi connectivity index (χ4v) is 3.28. The zero-order chi connectivity index (χ0) is 14.2. The topological polar surface area (TPSA) is 32.3 Å². The van der Waals surface area contributed by atoms with Crippen LogP contribution in [0.2, 0.25) is 0 Å². The average molecular weight is 278 g/mol. The number of hydrogen-bond donors (Lipinski definition) is 1. The van der Waals surface area contributed by atoms with Gasteiger partial charge in [-0.25, -0.2) is 0 Å². The summed E-state index contributed by atoms with van der Waals surface area (Å²) in [7, 11) is 0. The van der Waals surface area contributed by atoms with Crippen molar-refractivity contribution >= 4 is 11.6 Å². The van der Waals surface area contributed by atoms with Gasteiger partial charge in [-0.3, -0.25) is 4.79 Å². The summed E-state index contributed by atoms with van der Waals surface area (Å²) in [5, 5.41) is 3.34. The number of hydrogen-bond acceptors (Lipinski definition) is 2.